The van der Waals surface area contributed by atoms with Crippen molar-refractivity contribution in [2.75, 3.05) is 5.75 Å². The smallest absolute Gasteiger partial charge is 0.155 e. The molecule has 1 aromatic carbocycles. The zero-order chi connectivity index (χ0) is 17.8. The van der Waals surface area contributed by atoms with Crippen molar-refractivity contribution in [2.45, 2.75) is 77.4 Å². The van der Waals surface area contributed by atoms with Crippen molar-refractivity contribution in [1.82, 2.24) is 0 Å². The van der Waals surface area contributed by atoms with E-state index in [2.05, 4.69) is 31.2 Å². The van der Waals surface area contributed by atoms with Gasteiger partial charge in [0.25, 0.3) is 0 Å². The minimum atomic E-state index is -2.98. The molecule has 2 nitrogen and oxygen atoms in total. The lowest BCUT2D eigenvalue weighted by atomic mass is 9.80. The van der Waals surface area contributed by atoms with Crippen LogP contribution in [0.15, 0.2) is 24.3 Å². The third kappa shape index (κ3) is 5.34. The molecule has 3 heteroatoms. The molecule has 0 amide bonds. The average molecular weight is 351 g/mol. The van der Waals surface area contributed by atoms with Crippen molar-refractivity contribution < 1.29 is 8.42 Å². The molecule has 1 fully saturated rings. The molecule has 1 aliphatic rings. The van der Waals surface area contributed by atoms with Gasteiger partial charge in [-0.15, -0.1) is 0 Å². The quantitative estimate of drug-likeness (QED) is 0.706. The van der Waals surface area contributed by atoms with Crippen molar-refractivity contribution in [3.63, 3.8) is 0 Å². The summed E-state index contributed by atoms with van der Waals surface area (Å²) < 4.78 is 24.1. The Hall–Kier alpha value is -0.830. The van der Waals surface area contributed by atoms with Crippen LogP contribution in [0.4, 0.5) is 0 Å². The van der Waals surface area contributed by atoms with E-state index in [-0.39, 0.29) is 0 Å². The van der Waals surface area contributed by atoms with Gasteiger partial charge in [0.05, 0.1) is 10.5 Å². The molecule has 0 spiro atoms. The summed E-state index contributed by atoms with van der Waals surface area (Å²) in [7, 11) is -2.98. The zero-order valence-electron chi connectivity index (χ0n) is 15.8. The number of hydrogen-bond acceptors (Lipinski definition) is 2. The van der Waals surface area contributed by atoms with E-state index in [4.69, 9.17) is 0 Å². The maximum Gasteiger partial charge on any atom is 0.155 e. The maximum atomic E-state index is 12.4. The monoisotopic (exact) mass is 350 g/mol. The summed E-state index contributed by atoms with van der Waals surface area (Å²) in [5.74, 6) is 1.51. The average Bonchev–Trinajstić information content (AvgIpc) is 2.53. The Bertz CT molecular complexity index is 600. The minimum absolute atomic E-state index is 0.370. The normalized spacial score (nSPS) is 22.5. The van der Waals surface area contributed by atoms with Gasteiger partial charge in [0, 0.05) is 0 Å². The van der Waals surface area contributed by atoms with Crippen molar-refractivity contribution in [1.29, 1.82) is 0 Å². The zero-order valence-corrected chi connectivity index (χ0v) is 16.7. The van der Waals surface area contributed by atoms with Gasteiger partial charge in [0.15, 0.2) is 9.84 Å². The molecule has 0 unspecified atom stereocenters. The number of rotatable bonds is 6. The predicted molar refractivity (Wildman–Crippen MR) is 103 cm³/mol. The van der Waals surface area contributed by atoms with Gasteiger partial charge in [-0.05, 0) is 75.8 Å². The molecule has 1 aromatic rings. The van der Waals surface area contributed by atoms with Gasteiger partial charge in [-0.3, -0.25) is 0 Å². The highest BCUT2D eigenvalue weighted by Gasteiger charge is 2.33. The summed E-state index contributed by atoms with van der Waals surface area (Å²) >= 11 is 0. The van der Waals surface area contributed by atoms with Crippen LogP contribution in [-0.2, 0) is 22.7 Å². The second kappa shape index (κ2) is 8.03. The summed E-state index contributed by atoms with van der Waals surface area (Å²) in [6.07, 6.45) is 8.03. The van der Waals surface area contributed by atoms with E-state index in [1.807, 2.05) is 20.8 Å². The Morgan fingerprint density at radius 2 is 1.42 bits per heavy atom. The number of sulfone groups is 1. The highest BCUT2D eigenvalue weighted by molar-refractivity contribution is 7.92. The lowest BCUT2D eigenvalue weighted by Gasteiger charge is -2.30. The van der Waals surface area contributed by atoms with Crippen LogP contribution >= 0.6 is 0 Å². The van der Waals surface area contributed by atoms with E-state index >= 15 is 0 Å². The molecule has 136 valence electrons. The van der Waals surface area contributed by atoms with Crippen LogP contribution in [0.5, 0.6) is 0 Å². The first-order chi connectivity index (χ1) is 11.2. The molecule has 0 radical (unpaired) electrons. The van der Waals surface area contributed by atoms with E-state index in [9.17, 15) is 8.42 Å². The summed E-state index contributed by atoms with van der Waals surface area (Å²) in [6.45, 7) is 7.64. The van der Waals surface area contributed by atoms with Gasteiger partial charge in [-0.2, -0.15) is 0 Å². The van der Waals surface area contributed by atoms with Crippen LogP contribution in [-0.4, -0.2) is 18.9 Å². The molecule has 1 saturated carbocycles. The molecule has 0 saturated heterocycles. The Morgan fingerprint density at radius 1 is 0.917 bits per heavy atom. The molecule has 0 aromatic heterocycles. The highest BCUT2D eigenvalue weighted by Crippen LogP contribution is 2.34. The Kier molecular flexibility index (Phi) is 6.52. The molecular formula is C21H34O2S. The summed E-state index contributed by atoms with van der Waals surface area (Å²) in [4.78, 5) is 0. The van der Waals surface area contributed by atoms with E-state index in [1.165, 1.54) is 30.4 Å². The van der Waals surface area contributed by atoms with Crippen LogP contribution in [0.2, 0.25) is 0 Å². The molecule has 0 heterocycles. The molecule has 0 aliphatic heterocycles. The Labute approximate surface area is 149 Å². The van der Waals surface area contributed by atoms with Crippen molar-refractivity contribution in [2.24, 2.45) is 11.8 Å². The van der Waals surface area contributed by atoms with Crippen LogP contribution < -0.4 is 0 Å². The van der Waals surface area contributed by atoms with Crippen LogP contribution in [0.3, 0.4) is 0 Å². The first-order valence-electron chi connectivity index (χ1n) is 9.51. The standard InChI is InChI=1S/C21H34O2S/c1-5-17-6-8-18(9-7-17)10-11-19-12-14-20(15-13-19)16-24(22,23)21(2,3)4/h6-9,19-20H,5,10-16H2,1-4H3. The van der Waals surface area contributed by atoms with Gasteiger partial charge in [-0.25, -0.2) is 8.42 Å². The number of benzene rings is 1. The van der Waals surface area contributed by atoms with Crippen LogP contribution in [0.1, 0.15) is 70.9 Å². The van der Waals surface area contributed by atoms with Gasteiger partial charge >= 0.3 is 0 Å². The van der Waals surface area contributed by atoms with Crippen molar-refractivity contribution in [3.05, 3.63) is 35.4 Å². The Morgan fingerprint density at radius 3 is 1.92 bits per heavy atom. The lowest BCUT2D eigenvalue weighted by molar-refractivity contribution is 0.278. The second-order valence-electron chi connectivity index (χ2n) is 8.49. The third-order valence-corrected chi connectivity index (χ3v) is 8.40. The maximum absolute atomic E-state index is 12.4. The first-order valence-corrected chi connectivity index (χ1v) is 11.2. The molecular weight excluding hydrogens is 316 g/mol. The SMILES string of the molecule is CCc1ccc(CCC2CCC(CS(=O)(=O)C(C)(C)C)CC2)cc1. The molecule has 0 N–H and O–H groups in total. The molecule has 24 heavy (non-hydrogen) atoms. The van der Waals surface area contributed by atoms with E-state index in [0.717, 1.165) is 31.6 Å². The van der Waals surface area contributed by atoms with Crippen LogP contribution in [0, 0.1) is 11.8 Å². The summed E-state index contributed by atoms with van der Waals surface area (Å²) in [6, 6.07) is 9.01. The minimum Gasteiger partial charge on any atom is -0.228 e. The van der Waals surface area contributed by atoms with Gasteiger partial charge in [-0.1, -0.05) is 44.0 Å². The molecule has 0 bridgehead atoms. The summed E-state index contributed by atoms with van der Waals surface area (Å²) in [5.41, 5.74) is 2.84. The van der Waals surface area contributed by atoms with Crippen molar-refractivity contribution in [3.8, 4) is 0 Å². The Balaban J connectivity index is 1.76. The largest absolute Gasteiger partial charge is 0.228 e. The summed E-state index contributed by atoms with van der Waals surface area (Å²) in [5, 5.41) is 0. The predicted octanol–water partition coefficient (Wildman–Crippen LogP) is 5.20. The number of hydrogen-bond donors (Lipinski definition) is 0. The van der Waals surface area contributed by atoms with Crippen LogP contribution in [0.25, 0.3) is 0 Å². The van der Waals surface area contributed by atoms with Gasteiger partial charge < -0.3 is 0 Å². The van der Waals surface area contributed by atoms with Crippen molar-refractivity contribution >= 4 is 9.84 Å². The van der Waals surface area contributed by atoms with Gasteiger partial charge in [0.2, 0.25) is 0 Å². The molecule has 2 rings (SSSR count). The highest BCUT2D eigenvalue weighted by atomic mass is 32.2. The van der Waals surface area contributed by atoms with E-state index in [1.54, 1.807) is 0 Å². The number of aryl methyl sites for hydroxylation is 2. The second-order valence-corrected chi connectivity index (χ2v) is 11.3. The fourth-order valence-corrected chi connectivity index (χ4v) is 5.01. The van der Waals surface area contributed by atoms with Gasteiger partial charge in [0.1, 0.15) is 0 Å². The topological polar surface area (TPSA) is 34.1 Å². The van der Waals surface area contributed by atoms with E-state index < -0.39 is 14.6 Å². The van der Waals surface area contributed by atoms with E-state index in [0.29, 0.717) is 11.7 Å². The fraction of sp³-hybridized carbons (Fsp3) is 0.714. The lowest BCUT2D eigenvalue weighted by Crippen LogP contribution is -2.34. The first kappa shape index (κ1) is 19.5. The molecule has 1 aliphatic carbocycles. The molecule has 0 atom stereocenters. The third-order valence-electron chi connectivity index (χ3n) is 5.63. The fourth-order valence-electron chi connectivity index (χ4n) is 3.56.